The quantitative estimate of drug-likeness (QED) is 0.538. The molecule has 2 aromatic rings. The number of carbonyl (C=O) groups is 2. The Kier molecular flexibility index (Phi) is 6.49. The number of amides is 1. The fraction of sp³-hybridized carbons (Fsp3) is 0.368. The number of fused-ring (bicyclic) bond motifs is 1. The molecule has 8 heteroatoms. The van der Waals surface area contributed by atoms with Gasteiger partial charge in [0.1, 0.15) is 4.88 Å². The molecule has 1 aliphatic carbocycles. The summed E-state index contributed by atoms with van der Waals surface area (Å²) in [6, 6.07) is 7.92. The molecule has 4 nitrogen and oxygen atoms in total. The van der Waals surface area contributed by atoms with Gasteiger partial charge in [0.25, 0.3) is 11.7 Å². The van der Waals surface area contributed by atoms with E-state index in [1.165, 1.54) is 46.0 Å². The zero-order valence-corrected chi connectivity index (χ0v) is 16.3. The molecule has 0 aliphatic heterocycles. The van der Waals surface area contributed by atoms with Crippen molar-refractivity contribution in [3.05, 3.63) is 45.6 Å². The Morgan fingerprint density at radius 3 is 2.78 bits per heavy atom. The molecule has 0 bridgehead atoms. The first-order valence-electron chi connectivity index (χ1n) is 8.54. The lowest BCUT2D eigenvalue weighted by atomic mass is 9.90. The molecule has 0 unspecified atom stereocenters. The highest BCUT2D eigenvalue weighted by Crippen LogP contribution is 2.32. The van der Waals surface area contributed by atoms with Gasteiger partial charge in [0, 0.05) is 15.5 Å². The SMILES string of the molecule is C[C@@H]1CCc2sc(C(=O)OCC(=O)Nc3ccc(SC(F)F)cc3)cc2C1. The number of ether oxygens (including phenoxy) is 1. The maximum Gasteiger partial charge on any atom is 0.348 e. The Morgan fingerprint density at radius 1 is 1.33 bits per heavy atom. The molecule has 1 heterocycles. The van der Waals surface area contributed by atoms with E-state index in [1.54, 1.807) is 0 Å². The minimum Gasteiger partial charge on any atom is -0.451 e. The maximum absolute atomic E-state index is 12.3. The van der Waals surface area contributed by atoms with Gasteiger partial charge in [0.2, 0.25) is 0 Å². The minimum absolute atomic E-state index is 0.397. The van der Waals surface area contributed by atoms with Crippen LogP contribution in [0, 0.1) is 5.92 Å². The fourth-order valence-electron chi connectivity index (χ4n) is 2.93. The first-order chi connectivity index (χ1) is 12.9. The fourth-order valence-corrected chi connectivity index (χ4v) is 4.53. The maximum atomic E-state index is 12.3. The zero-order chi connectivity index (χ0) is 19.4. The van der Waals surface area contributed by atoms with Crippen LogP contribution in [0.15, 0.2) is 35.2 Å². The average Bonchev–Trinajstić information content (AvgIpc) is 3.04. The number of alkyl halides is 2. The summed E-state index contributed by atoms with van der Waals surface area (Å²) in [4.78, 5) is 26.3. The summed E-state index contributed by atoms with van der Waals surface area (Å²) < 4.78 is 29.7. The standard InChI is InChI=1S/C19H19F2NO3S2/c1-11-2-7-15-12(8-11)9-16(27-15)18(24)25-10-17(23)22-13-3-5-14(6-4-13)26-19(20)21/h3-6,9,11,19H,2,7-8,10H2,1H3,(H,22,23)/t11-/m1/s1. The van der Waals surface area contributed by atoms with Crippen molar-refractivity contribution in [1.82, 2.24) is 0 Å². The van der Waals surface area contributed by atoms with E-state index in [4.69, 9.17) is 4.74 Å². The molecule has 0 fully saturated rings. The van der Waals surface area contributed by atoms with Crippen LogP contribution in [0.3, 0.4) is 0 Å². The van der Waals surface area contributed by atoms with Crippen LogP contribution in [-0.4, -0.2) is 24.2 Å². The third kappa shape index (κ3) is 5.52. The van der Waals surface area contributed by atoms with Gasteiger partial charge in [-0.1, -0.05) is 18.7 Å². The number of rotatable bonds is 6. The highest BCUT2D eigenvalue weighted by atomic mass is 32.2. The predicted octanol–water partition coefficient (Wildman–Crippen LogP) is 4.98. The van der Waals surface area contributed by atoms with Crippen LogP contribution in [0.5, 0.6) is 0 Å². The van der Waals surface area contributed by atoms with Crippen molar-refractivity contribution in [2.45, 2.75) is 36.8 Å². The van der Waals surface area contributed by atoms with Gasteiger partial charge < -0.3 is 10.1 Å². The van der Waals surface area contributed by atoms with Gasteiger partial charge in [0.05, 0.1) is 0 Å². The molecule has 27 heavy (non-hydrogen) atoms. The summed E-state index contributed by atoms with van der Waals surface area (Å²) in [6.07, 6.45) is 3.08. The van der Waals surface area contributed by atoms with Gasteiger partial charge in [-0.15, -0.1) is 11.3 Å². The van der Waals surface area contributed by atoms with E-state index in [0.29, 0.717) is 33.1 Å². The van der Waals surface area contributed by atoms with E-state index < -0.39 is 24.2 Å². The lowest BCUT2D eigenvalue weighted by molar-refractivity contribution is -0.119. The Balaban J connectivity index is 1.49. The zero-order valence-electron chi connectivity index (χ0n) is 14.7. The molecule has 1 amide bonds. The number of thioether (sulfide) groups is 1. The number of benzene rings is 1. The summed E-state index contributed by atoms with van der Waals surface area (Å²) in [6.45, 7) is 1.80. The Labute approximate surface area is 164 Å². The highest BCUT2D eigenvalue weighted by Gasteiger charge is 2.21. The number of nitrogens with one attached hydrogen (secondary N) is 1. The number of anilines is 1. The summed E-state index contributed by atoms with van der Waals surface area (Å²) in [5.74, 6) is -2.85. The van der Waals surface area contributed by atoms with Crippen molar-refractivity contribution in [3.8, 4) is 0 Å². The largest absolute Gasteiger partial charge is 0.451 e. The highest BCUT2D eigenvalue weighted by molar-refractivity contribution is 7.99. The molecule has 1 aromatic heterocycles. The van der Waals surface area contributed by atoms with Crippen LogP contribution in [0.1, 0.15) is 33.5 Å². The van der Waals surface area contributed by atoms with Crippen molar-refractivity contribution in [2.24, 2.45) is 5.92 Å². The normalized spacial score (nSPS) is 16.1. The molecular weight excluding hydrogens is 392 g/mol. The van der Waals surface area contributed by atoms with Gasteiger partial charge >= 0.3 is 5.97 Å². The van der Waals surface area contributed by atoms with Crippen molar-refractivity contribution in [1.29, 1.82) is 0 Å². The molecule has 0 saturated carbocycles. The molecule has 144 valence electrons. The molecule has 1 atom stereocenters. The lowest BCUT2D eigenvalue weighted by Gasteiger charge is -2.16. The summed E-state index contributed by atoms with van der Waals surface area (Å²) in [5, 5.41) is 2.57. The first-order valence-corrected chi connectivity index (χ1v) is 10.2. The van der Waals surface area contributed by atoms with Gasteiger partial charge in [-0.05, 0) is 61.1 Å². The number of aryl methyl sites for hydroxylation is 1. The van der Waals surface area contributed by atoms with Crippen LogP contribution in [0.25, 0.3) is 0 Å². The predicted molar refractivity (Wildman–Crippen MR) is 103 cm³/mol. The average molecular weight is 411 g/mol. The first kappa shape index (κ1) is 19.8. The van der Waals surface area contributed by atoms with Crippen LogP contribution in [-0.2, 0) is 22.4 Å². The molecular formula is C19H19F2NO3S2. The Bertz CT molecular complexity index is 821. The van der Waals surface area contributed by atoms with Crippen LogP contribution in [0.4, 0.5) is 14.5 Å². The molecule has 0 spiro atoms. The third-order valence-electron chi connectivity index (χ3n) is 4.23. The molecule has 0 radical (unpaired) electrons. The van der Waals surface area contributed by atoms with Crippen molar-refractivity contribution < 1.29 is 23.1 Å². The van der Waals surface area contributed by atoms with Crippen LogP contribution in [0.2, 0.25) is 0 Å². The number of thiophene rings is 1. The van der Waals surface area contributed by atoms with Crippen LogP contribution < -0.4 is 5.32 Å². The van der Waals surface area contributed by atoms with Gasteiger partial charge in [-0.25, -0.2) is 4.79 Å². The topological polar surface area (TPSA) is 55.4 Å². The van der Waals surface area contributed by atoms with Gasteiger partial charge in [-0.2, -0.15) is 8.78 Å². The van der Waals surface area contributed by atoms with E-state index in [-0.39, 0.29) is 0 Å². The van der Waals surface area contributed by atoms with E-state index in [2.05, 4.69) is 12.2 Å². The number of hydrogen-bond donors (Lipinski definition) is 1. The molecule has 1 aromatic carbocycles. The van der Waals surface area contributed by atoms with E-state index >= 15 is 0 Å². The third-order valence-corrected chi connectivity index (χ3v) is 6.17. The van der Waals surface area contributed by atoms with E-state index in [1.807, 2.05) is 6.07 Å². The Morgan fingerprint density at radius 2 is 2.07 bits per heavy atom. The Hall–Kier alpha value is -1.93. The van der Waals surface area contributed by atoms with Crippen LogP contribution >= 0.6 is 23.1 Å². The molecule has 1 N–H and O–H groups in total. The number of hydrogen-bond acceptors (Lipinski definition) is 5. The summed E-state index contributed by atoms with van der Waals surface area (Å²) in [5.41, 5.74) is 1.66. The van der Waals surface area contributed by atoms with Gasteiger partial charge in [0.15, 0.2) is 6.61 Å². The number of halogens is 2. The van der Waals surface area contributed by atoms with E-state index in [0.717, 1.165) is 19.3 Å². The van der Waals surface area contributed by atoms with Gasteiger partial charge in [-0.3, -0.25) is 4.79 Å². The molecule has 3 rings (SSSR count). The van der Waals surface area contributed by atoms with Crippen molar-refractivity contribution in [3.63, 3.8) is 0 Å². The number of carbonyl (C=O) groups excluding carboxylic acids is 2. The summed E-state index contributed by atoms with van der Waals surface area (Å²) in [7, 11) is 0. The van der Waals surface area contributed by atoms with E-state index in [9.17, 15) is 18.4 Å². The monoisotopic (exact) mass is 411 g/mol. The molecule has 0 saturated heterocycles. The second-order valence-corrected chi connectivity index (χ2v) is 8.63. The lowest BCUT2D eigenvalue weighted by Crippen LogP contribution is -2.20. The second kappa shape index (κ2) is 8.84. The summed E-state index contributed by atoms with van der Waals surface area (Å²) >= 11 is 1.87. The second-order valence-electron chi connectivity index (χ2n) is 6.43. The van der Waals surface area contributed by atoms with Crippen molar-refractivity contribution in [2.75, 3.05) is 11.9 Å². The minimum atomic E-state index is -2.49. The van der Waals surface area contributed by atoms with Crippen molar-refractivity contribution >= 4 is 40.7 Å². The smallest absolute Gasteiger partial charge is 0.348 e. The molecule has 1 aliphatic rings. The number of esters is 1.